The van der Waals surface area contributed by atoms with Gasteiger partial charge in [-0.2, -0.15) is 4.98 Å². The van der Waals surface area contributed by atoms with Crippen molar-refractivity contribution in [1.82, 2.24) is 10.1 Å². The average molecular weight is 393 g/mol. The number of halogens is 2. The Balaban J connectivity index is 1.56. The molecule has 122 valence electrons. The molecule has 2 heterocycles. The highest BCUT2D eigenvalue weighted by Crippen LogP contribution is 2.17. The molecule has 0 fully saturated rings. The Morgan fingerprint density at radius 2 is 2.04 bits per heavy atom. The van der Waals surface area contributed by atoms with E-state index in [1.54, 1.807) is 12.1 Å². The van der Waals surface area contributed by atoms with Gasteiger partial charge in [0.1, 0.15) is 11.6 Å². The van der Waals surface area contributed by atoms with Crippen LogP contribution in [-0.2, 0) is 16.1 Å². The van der Waals surface area contributed by atoms with Crippen LogP contribution in [0.15, 0.2) is 56.1 Å². The van der Waals surface area contributed by atoms with E-state index in [1.807, 2.05) is 0 Å². The first-order valence-corrected chi connectivity index (χ1v) is 7.58. The summed E-state index contributed by atoms with van der Waals surface area (Å²) in [5.74, 6) is -0.000108. The van der Waals surface area contributed by atoms with Crippen LogP contribution >= 0.6 is 15.9 Å². The number of hydrogen-bond acceptors (Lipinski definition) is 6. The van der Waals surface area contributed by atoms with Crippen molar-refractivity contribution in [2.24, 2.45) is 0 Å². The third-order valence-corrected chi connectivity index (χ3v) is 3.31. The Bertz CT molecular complexity index is 870. The molecule has 0 unspecified atom stereocenters. The molecular weight excluding hydrogens is 383 g/mol. The van der Waals surface area contributed by atoms with Crippen LogP contribution in [0.3, 0.4) is 0 Å². The fraction of sp³-hybridized carbons (Fsp3) is 0.0625. The van der Waals surface area contributed by atoms with Crippen molar-refractivity contribution in [3.05, 3.63) is 64.6 Å². The number of ether oxygens (including phenoxy) is 1. The standard InChI is InChI=1S/C16H10BrFN2O4/c17-13-7-5-12(23-13)6-8-15(21)22-9-14-19-16(20-24-14)10-1-3-11(18)4-2-10/h1-8H,9H2/b8-6+. The number of esters is 1. The first-order valence-electron chi connectivity index (χ1n) is 6.79. The normalized spacial score (nSPS) is 11.1. The zero-order chi connectivity index (χ0) is 16.9. The summed E-state index contributed by atoms with van der Waals surface area (Å²) in [4.78, 5) is 15.7. The summed E-state index contributed by atoms with van der Waals surface area (Å²) in [5, 5.41) is 3.75. The molecular formula is C16H10BrFN2O4. The van der Waals surface area contributed by atoms with Crippen molar-refractivity contribution in [3.8, 4) is 11.4 Å². The van der Waals surface area contributed by atoms with Crippen LogP contribution in [0, 0.1) is 5.82 Å². The molecule has 3 aromatic rings. The van der Waals surface area contributed by atoms with E-state index < -0.39 is 5.97 Å². The molecule has 2 aromatic heterocycles. The fourth-order valence-corrected chi connectivity index (χ4v) is 2.10. The van der Waals surface area contributed by atoms with Crippen LogP contribution in [0.2, 0.25) is 0 Å². The van der Waals surface area contributed by atoms with E-state index in [9.17, 15) is 9.18 Å². The lowest BCUT2D eigenvalue weighted by atomic mass is 10.2. The fourth-order valence-electron chi connectivity index (χ4n) is 1.78. The lowest BCUT2D eigenvalue weighted by Gasteiger charge is -1.96. The summed E-state index contributed by atoms with van der Waals surface area (Å²) in [6.45, 7) is -0.167. The number of rotatable bonds is 5. The van der Waals surface area contributed by atoms with Gasteiger partial charge in [-0.15, -0.1) is 0 Å². The molecule has 0 saturated carbocycles. The highest BCUT2D eigenvalue weighted by Gasteiger charge is 2.10. The smallest absolute Gasteiger partial charge is 0.331 e. The Kier molecular flexibility index (Phi) is 4.85. The SMILES string of the molecule is O=C(/C=C/c1ccc(Br)o1)OCc1nc(-c2ccc(F)cc2)no1. The van der Waals surface area contributed by atoms with Crippen molar-refractivity contribution >= 4 is 28.0 Å². The van der Waals surface area contributed by atoms with Gasteiger partial charge >= 0.3 is 5.97 Å². The van der Waals surface area contributed by atoms with Crippen LogP contribution in [-0.4, -0.2) is 16.1 Å². The molecule has 0 amide bonds. The Labute approximate surface area is 144 Å². The van der Waals surface area contributed by atoms with E-state index >= 15 is 0 Å². The number of furan rings is 1. The summed E-state index contributed by atoms with van der Waals surface area (Å²) in [5.41, 5.74) is 0.598. The van der Waals surface area contributed by atoms with Gasteiger partial charge < -0.3 is 13.7 Å². The second kappa shape index (κ2) is 7.22. The zero-order valence-electron chi connectivity index (χ0n) is 12.1. The number of hydrogen-bond donors (Lipinski definition) is 0. The Morgan fingerprint density at radius 1 is 1.25 bits per heavy atom. The third kappa shape index (κ3) is 4.17. The number of carbonyl (C=O) groups is 1. The lowest BCUT2D eigenvalue weighted by Crippen LogP contribution is -2.00. The number of aromatic nitrogens is 2. The summed E-state index contributed by atoms with van der Waals surface area (Å²) < 4.78 is 28.6. The maximum absolute atomic E-state index is 12.9. The Hall–Kier alpha value is -2.74. The lowest BCUT2D eigenvalue weighted by molar-refractivity contribution is -0.139. The van der Waals surface area contributed by atoms with Gasteiger partial charge in [0.15, 0.2) is 11.3 Å². The second-order valence-electron chi connectivity index (χ2n) is 4.60. The number of benzene rings is 1. The average Bonchev–Trinajstić information content (AvgIpc) is 3.21. The number of nitrogens with zero attached hydrogens (tertiary/aromatic N) is 2. The predicted molar refractivity (Wildman–Crippen MR) is 84.9 cm³/mol. The van der Waals surface area contributed by atoms with Gasteiger partial charge in [-0.3, -0.25) is 0 Å². The molecule has 0 bridgehead atoms. The van der Waals surface area contributed by atoms with Gasteiger partial charge in [0.05, 0.1) is 0 Å². The summed E-state index contributed by atoms with van der Waals surface area (Å²) >= 11 is 3.16. The molecule has 0 radical (unpaired) electrons. The van der Waals surface area contributed by atoms with E-state index in [0.717, 1.165) is 0 Å². The molecule has 0 aliphatic carbocycles. The van der Waals surface area contributed by atoms with Crippen LogP contribution in [0.4, 0.5) is 4.39 Å². The van der Waals surface area contributed by atoms with Crippen molar-refractivity contribution in [3.63, 3.8) is 0 Å². The van der Waals surface area contributed by atoms with Gasteiger partial charge in [0, 0.05) is 11.6 Å². The summed E-state index contributed by atoms with van der Waals surface area (Å²) in [7, 11) is 0. The molecule has 0 aliphatic rings. The summed E-state index contributed by atoms with van der Waals surface area (Å²) in [6.07, 6.45) is 2.70. The molecule has 8 heteroatoms. The molecule has 24 heavy (non-hydrogen) atoms. The molecule has 0 atom stereocenters. The summed E-state index contributed by atoms with van der Waals surface area (Å²) in [6, 6.07) is 9.05. The maximum Gasteiger partial charge on any atom is 0.331 e. The highest BCUT2D eigenvalue weighted by molar-refractivity contribution is 9.10. The van der Waals surface area contributed by atoms with Crippen molar-refractivity contribution in [2.75, 3.05) is 0 Å². The van der Waals surface area contributed by atoms with Gasteiger partial charge in [-0.05, 0) is 58.4 Å². The van der Waals surface area contributed by atoms with Crippen molar-refractivity contribution < 1.29 is 22.9 Å². The Morgan fingerprint density at radius 3 is 2.75 bits per heavy atom. The van der Waals surface area contributed by atoms with Crippen molar-refractivity contribution in [2.45, 2.75) is 6.61 Å². The largest absolute Gasteiger partial charge is 0.452 e. The molecule has 1 aromatic carbocycles. The molecule has 0 saturated heterocycles. The van der Waals surface area contributed by atoms with E-state index in [2.05, 4.69) is 26.1 Å². The minimum atomic E-state index is -0.580. The number of carbonyl (C=O) groups excluding carboxylic acids is 1. The van der Waals surface area contributed by atoms with Crippen LogP contribution in [0.1, 0.15) is 11.7 Å². The van der Waals surface area contributed by atoms with Crippen LogP contribution < -0.4 is 0 Å². The minimum Gasteiger partial charge on any atom is -0.452 e. The first kappa shape index (κ1) is 16.1. The molecule has 0 N–H and O–H groups in total. The third-order valence-electron chi connectivity index (χ3n) is 2.89. The van der Waals surface area contributed by atoms with E-state index in [0.29, 0.717) is 16.0 Å². The van der Waals surface area contributed by atoms with Crippen LogP contribution in [0.5, 0.6) is 0 Å². The van der Waals surface area contributed by atoms with Gasteiger partial charge in [-0.25, -0.2) is 9.18 Å². The molecule has 0 aliphatic heterocycles. The quantitative estimate of drug-likeness (QED) is 0.482. The monoisotopic (exact) mass is 392 g/mol. The van der Waals surface area contributed by atoms with Crippen LogP contribution in [0.25, 0.3) is 17.5 Å². The highest BCUT2D eigenvalue weighted by atomic mass is 79.9. The van der Waals surface area contributed by atoms with Gasteiger partial charge in [0.25, 0.3) is 5.89 Å². The van der Waals surface area contributed by atoms with E-state index in [1.165, 1.54) is 36.4 Å². The van der Waals surface area contributed by atoms with E-state index in [-0.39, 0.29) is 24.1 Å². The molecule has 0 spiro atoms. The van der Waals surface area contributed by atoms with Crippen molar-refractivity contribution in [1.29, 1.82) is 0 Å². The maximum atomic E-state index is 12.9. The zero-order valence-corrected chi connectivity index (χ0v) is 13.7. The van der Waals surface area contributed by atoms with E-state index in [4.69, 9.17) is 13.7 Å². The molecule has 3 rings (SSSR count). The second-order valence-corrected chi connectivity index (χ2v) is 5.38. The topological polar surface area (TPSA) is 78.4 Å². The molecule has 6 nitrogen and oxygen atoms in total. The predicted octanol–water partition coefficient (Wildman–Crippen LogP) is 3.99. The van der Waals surface area contributed by atoms with Gasteiger partial charge in [0.2, 0.25) is 5.82 Å². The first-order chi connectivity index (χ1) is 11.6. The minimum absolute atomic E-state index is 0.136. The van der Waals surface area contributed by atoms with Gasteiger partial charge in [-0.1, -0.05) is 5.16 Å².